The molecule has 2 heterocycles. The molecular weight excluding hydrogens is 501 g/mol. The van der Waals surface area contributed by atoms with Crippen LogP contribution < -0.4 is 16.4 Å². The van der Waals surface area contributed by atoms with E-state index >= 15 is 0 Å². The highest BCUT2D eigenvalue weighted by atomic mass is 19.1. The minimum absolute atomic E-state index is 0.0894. The maximum absolute atomic E-state index is 13.6. The molecule has 5 aromatic rings. The second-order valence-electron chi connectivity index (χ2n) is 9.58. The minimum Gasteiger partial charge on any atom is -0.383 e. The molecule has 1 atom stereocenters. The lowest BCUT2D eigenvalue weighted by Gasteiger charge is -2.19. The van der Waals surface area contributed by atoms with Gasteiger partial charge in [-0.3, -0.25) is 9.78 Å². The Morgan fingerprint density at radius 2 is 1.57 bits per heavy atom. The van der Waals surface area contributed by atoms with Crippen molar-refractivity contribution in [1.82, 2.24) is 9.97 Å². The smallest absolute Gasteiger partial charge is 0.222 e. The largest absolute Gasteiger partial charge is 0.383 e. The average molecular weight is 532 g/mol. The standard InChI is InChI=1S/C33H30FN5O/c1-22(40)39-33-28(11-7-17-36-33)30-19-25(24-13-15-26(34)16-14-24)20-38-32(30)29-10-5-6-12-31(29)37-21-27(35)18-23-8-3-2-4-9-23/h2-17,19-20,27,37H,18,21,35H2,1H3,(H,36,39,40)/t27-/m0/s1. The first-order valence-corrected chi connectivity index (χ1v) is 13.1. The summed E-state index contributed by atoms with van der Waals surface area (Å²) in [6.07, 6.45) is 4.16. The number of benzene rings is 3. The van der Waals surface area contributed by atoms with Gasteiger partial charge < -0.3 is 16.4 Å². The van der Waals surface area contributed by atoms with E-state index in [2.05, 4.69) is 27.8 Å². The predicted molar refractivity (Wildman–Crippen MR) is 159 cm³/mol. The molecule has 0 bridgehead atoms. The Labute approximate surface area is 233 Å². The lowest BCUT2D eigenvalue weighted by molar-refractivity contribution is -0.114. The first-order chi connectivity index (χ1) is 19.5. The summed E-state index contributed by atoms with van der Waals surface area (Å²) in [4.78, 5) is 21.3. The fourth-order valence-corrected chi connectivity index (χ4v) is 4.65. The van der Waals surface area contributed by atoms with Crippen LogP contribution in [-0.4, -0.2) is 28.5 Å². The van der Waals surface area contributed by atoms with Gasteiger partial charge in [-0.2, -0.15) is 0 Å². The molecule has 0 spiro atoms. The van der Waals surface area contributed by atoms with E-state index in [4.69, 9.17) is 10.7 Å². The topological polar surface area (TPSA) is 92.9 Å². The molecule has 40 heavy (non-hydrogen) atoms. The van der Waals surface area contributed by atoms with Crippen LogP contribution in [0.5, 0.6) is 0 Å². The number of carbonyl (C=O) groups excluding carboxylic acids is 1. The molecule has 0 aliphatic rings. The zero-order valence-electron chi connectivity index (χ0n) is 22.1. The number of aromatic nitrogens is 2. The van der Waals surface area contributed by atoms with E-state index in [1.165, 1.54) is 24.6 Å². The van der Waals surface area contributed by atoms with Gasteiger partial charge in [-0.25, -0.2) is 9.37 Å². The van der Waals surface area contributed by atoms with Gasteiger partial charge in [0.15, 0.2) is 0 Å². The summed E-state index contributed by atoms with van der Waals surface area (Å²) in [6.45, 7) is 2.02. The van der Waals surface area contributed by atoms with Crippen molar-refractivity contribution in [2.75, 3.05) is 17.2 Å². The molecular formula is C33H30FN5O. The van der Waals surface area contributed by atoms with Gasteiger partial charge in [-0.15, -0.1) is 0 Å². The van der Waals surface area contributed by atoms with Crippen LogP contribution in [0.4, 0.5) is 15.9 Å². The Kier molecular flexibility index (Phi) is 8.23. The molecule has 0 fully saturated rings. The van der Waals surface area contributed by atoms with E-state index in [1.54, 1.807) is 24.5 Å². The van der Waals surface area contributed by atoms with Crippen molar-refractivity contribution in [2.24, 2.45) is 5.73 Å². The highest BCUT2D eigenvalue weighted by Gasteiger charge is 2.18. The van der Waals surface area contributed by atoms with Crippen molar-refractivity contribution in [3.63, 3.8) is 0 Å². The number of nitrogens with zero attached hydrogens (tertiary/aromatic N) is 2. The average Bonchev–Trinajstić information content (AvgIpc) is 2.97. The number of amides is 1. The Morgan fingerprint density at radius 1 is 0.850 bits per heavy atom. The minimum atomic E-state index is -0.306. The molecule has 2 aromatic heterocycles. The number of anilines is 2. The van der Waals surface area contributed by atoms with E-state index < -0.39 is 0 Å². The molecule has 5 rings (SSSR count). The lowest BCUT2D eigenvalue weighted by atomic mass is 9.95. The van der Waals surface area contributed by atoms with Gasteiger partial charge in [-0.05, 0) is 53.9 Å². The number of hydrogen-bond donors (Lipinski definition) is 3. The quantitative estimate of drug-likeness (QED) is 0.200. The molecule has 3 aromatic carbocycles. The van der Waals surface area contributed by atoms with Crippen LogP contribution in [-0.2, 0) is 11.2 Å². The molecule has 0 saturated heterocycles. The summed E-state index contributed by atoms with van der Waals surface area (Å²) < 4.78 is 13.6. The van der Waals surface area contributed by atoms with Crippen molar-refractivity contribution in [1.29, 1.82) is 0 Å². The van der Waals surface area contributed by atoms with Crippen LogP contribution in [0.2, 0.25) is 0 Å². The number of carbonyl (C=O) groups is 1. The van der Waals surface area contributed by atoms with Gasteiger partial charge >= 0.3 is 0 Å². The Hall–Kier alpha value is -4.88. The molecule has 0 radical (unpaired) electrons. The SMILES string of the molecule is CC(=O)Nc1ncccc1-c1cc(-c2ccc(F)cc2)cnc1-c1ccccc1NC[C@@H](N)Cc1ccccc1. The first-order valence-electron chi connectivity index (χ1n) is 13.1. The third kappa shape index (κ3) is 6.39. The van der Waals surface area contributed by atoms with E-state index in [1.807, 2.05) is 60.7 Å². The lowest BCUT2D eigenvalue weighted by Crippen LogP contribution is -2.31. The third-order valence-corrected chi connectivity index (χ3v) is 6.54. The maximum atomic E-state index is 13.6. The number of hydrogen-bond acceptors (Lipinski definition) is 5. The fourth-order valence-electron chi connectivity index (χ4n) is 4.65. The molecule has 7 heteroatoms. The molecule has 0 saturated carbocycles. The van der Waals surface area contributed by atoms with E-state index in [0.29, 0.717) is 18.1 Å². The number of nitrogens with one attached hydrogen (secondary N) is 2. The van der Waals surface area contributed by atoms with E-state index in [0.717, 1.165) is 39.9 Å². The van der Waals surface area contributed by atoms with Crippen molar-refractivity contribution >= 4 is 17.4 Å². The molecule has 6 nitrogen and oxygen atoms in total. The van der Waals surface area contributed by atoms with Crippen LogP contribution in [0.3, 0.4) is 0 Å². The Balaban J connectivity index is 1.55. The zero-order valence-corrected chi connectivity index (χ0v) is 22.1. The number of para-hydroxylation sites is 1. The number of rotatable bonds is 9. The van der Waals surface area contributed by atoms with Crippen LogP contribution in [0.25, 0.3) is 33.5 Å². The fraction of sp³-hybridized carbons (Fsp3) is 0.121. The van der Waals surface area contributed by atoms with Gasteiger partial charge in [0.25, 0.3) is 0 Å². The maximum Gasteiger partial charge on any atom is 0.222 e. The summed E-state index contributed by atoms with van der Waals surface area (Å²) in [7, 11) is 0. The van der Waals surface area contributed by atoms with Gasteiger partial charge in [0.2, 0.25) is 5.91 Å². The van der Waals surface area contributed by atoms with E-state index in [9.17, 15) is 9.18 Å². The summed E-state index contributed by atoms with van der Waals surface area (Å²) >= 11 is 0. The van der Waals surface area contributed by atoms with Gasteiger partial charge in [0.1, 0.15) is 11.6 Å². The first kappa shape index (κ1) is 26.7. The van der Waals surface area contributed by atoms with Crippen molar-refractivity contribution in [2.45, 2.75) is 19.4 Å². The third-order valence-electron chi connectivity index (χ3n) is 6.54. The number of pyridine rings is 2. The highest BCUT2D eigenvalue weighted by Crippen LogP contribution is 2.39. The van der Waals surface area contributed by atoms with Gasteiger partial charge in [0.05, 0.1) is 5.69 Å². The second kappa shape index (κ2) is 12.3. The van der Waals surface area contributed by atoms with Crippen molar-refractivity contribution < 1.29 is 9.18 Å². The van der Waals surface area contributed by atoms with Crippen LogP contribution in [0.1, 0.15) is 12.5 Å². The molecule has 0 aliphatic carbocycles. The van der Waals surface area contributed by atoms with Crippen LogP contribution >= 0.6 is 0 Å². The summed E-state index contributed by atoms with van der Waals surface area (Å²) in [6, 6.07) is 30.0. The summed E-state index contributed by atoms with van der Waals surface area (Å²) in [5.41, 5.74) is 13.3. The zero-order chi connectivity index (χ0) is 27.9. The van der Waals surface area contributed by atoms with Crippen LogP contribution in [0.15, 0.2) is 109 Å². The number of halogens is 1. The molecule has 0 aliphatic heterocycles. The highest BCUT2D eigenvalue weighted by molar-refractivity contribution is 5.97. The normalized spacial score (nSPS) is 11.6. The van der Waals surface area contributed by atoms with E-state index in [-0.39, 0.29) is 17.8 Å². The summed E-state index contributed by atoms with van der Waals surface area (Å²) in [5.74, 6) is -0.0949. The van der Waals surface area contributed by atoms with Gasteiger partial charge in [-0.1, -0.05) is 60.7 Å². The van der Waals surface area contributed by atoms with Crippen molar-refractivity contribution in [3.05, 3.63) is 121 Å². The molecule has 4 N–H and O–H groups in total. The molecule has 0 unspecified atom stereocenters. The number of nitrogens with two attached hydrogens (primary N) is 1. The second-order valence-corrected chi connectivity index (χ2v) is 9.58. The monoisotopic (exact) mass is 531 g/mol. The summed E-state index contributed by atoms with van der Waals surface area (Å²) in [5, 5.41) is 6.35. The molecule has 1 amide bonds. The van der Waals surface area contributed by atoms with Crippen molar-refractivity contribution in [3.8, 4) is 33.5 Å². The Bertz CT molecular complexity index is 1610. The predicted octanol–water partition coefficient (Wildman–Crippen LogP) is 6.56. The van der Waals surface area contributed by atoms with Crippen LogP contribution in [0, 0.1) is 5.82 Å². The molecule has 200 valence electrons. The van der Waals surface area contributed by atoms with Gasteiger partial charge in [0, 0.05) is 59.8 Å². The Morgan fingerprint density at radius 3 is 2.35 bits per heavy atom.